The number of nitrogens with one attached hydrogen (secondary N) is 1. The van der Waals surface area contributed by atoms with Gasteiger partial charge >= 0.3 is 5.97 Å². The van der Waals surface area contributed by atoms with E-state index in [4.69, 9.17) is 5.11 Å². The van der Waals surface area contributed by atoms with Crippen LogP contribution >= 0.6 is 11.5 Å². The van der Waals surface area contributed by atoms with Crippen molar-refractivity contribution in [1.82, 2.24) is 9.36 Å². The molecule has 0 atom stereocenters. The Hall–Kier alpha value is -1.17. The monoisotopic (exact) mass is 269 g/mol. The summed E-state index contributed by atoms with van der Waals surface area (Å²) < 4.78 is 4.23. The normalized spacial score (nSPS) is 18.5. The second-order valence-corrected chi connectivity index (χ2v) is 5.66. The van der Waals surface area contributed by atoms with Gasteiger partial charge in [-0.25, -0.2) is 4.98 Å². The Morgan fingerprint density at radius 3 is 2.72 bits per heavy atom. The number of carboxylic acids is 1. The molecule has 0 saturated heterocycles. The first kappa shape index (κ1) is 13.3. The second kappa shape index (κ2) is 5.65. The van der Waals surface area contributed by atoms with Crippen molar-refractivity contribution in [3.05, 3.63) is 5.82 Å². The van der Waals surface area contributed by atoms with Gasteiger partial charge in [0.05, 0.1) is 12.0 Å². The van der Waals surface area contributed by atoms with E-state index in [9.17, 15) is 4.79 Å². The Balaban J connectivity index is 2.10. The molecular weight excluding hydrogens is 250 g/mol. The minimum Gasteiger partial charge on any atom is -0.481 e. The fraction of sp³-hybridized carbons (Fsp3) is 0.750. The van der Waals surface area contributed by atoms with Crippen molar-refractivity contribution in [1.29, 1.82) is 0 Å². The van der Waals surface area contributed by atoms with Crippen molar-refractivity contribution in [2.45, 2.75) is 57.4 Å². The molecule has 1 aromatic rings. The lowest BCUT2D eigenvalue weighted by Gasteiger charge is -2.36. The van der Waals surface area contributed by atoms with E-state index in [1.807, 2.05) is 6.92 Å². The second-order valence-electron chi connectivity index (χ2n) is 4.91. The fourth-order valence-corrected chi connectivity index (χ4v) is 3.31. The van der Waals surface area contributed by atoms with E-state index in [0.717, 1.165) is 43.1 Å². The lowest BCUT2D eigenvalue weighted by Crippen LogP contribution is -2.42. The van der Waals surface area contributed by atoms with Gasteiger partial charge < -0.3 is 10.4 Å². The van der Waals surface area contributed by atoms with Crippen LogP contribution in [0.2, 0.25) is 0 Å². The van der Waals surface area contributed by atoms with Crippen LogP contribution in [0.15, 0.2) is 0 Å². The van der Waals surface area contributed by atoms with E-state index >= 15 is 0 Å². The standard InChI is InChI=1S/C12H19N3O2S/c1-2-9-13-11(18-15-9)14-12(8-10(16)17)6-4-3-5-7-12/h2-8H2,1H3,(H,16,17)(H,13,14,15). The molecule has 100 valence electrons. The highest BCUT2D eigenvalue weighted by molar-refractivity contribution is 7.09. The van der Waals surface area contributed by atoms with Crippen LogP contribution in [-0.4, -0.2) is 26.0 Å². The summed E-state index contributed by atoms with van der Waals surface area (Å²) in [4.78, 5) is 15.4. The van der Waals surface area contributed by atoms with Gasteiger partial charge in [-0.1, -0.05) is 26.2 Å². The van der Waals surface area contributed by atoms with Crippen LogP contribution in [0, 0.1) is 0 Å². The van der Waals surface area contributed by atoms with Crippen molar-refractivity contribution in [3.8, 4) is 0 Å². The van der Waals surface area contributed by atoms with Crippen LogP contribution in [-0.2, 0) is 11.2 Å². The van der Waals surface area contributed by atoms with Crippen molar-refractivity contribution >= 4 is 22.6 Å². The number of aliphatic carboxylic acids is 1. The third-order valence-corrected chi connectivity index (χ3v) is 4.13. The zero-order valence-electron chi connectivity index (χ0n) is 10.6. The highest BCUT2D eigenvalue weighted by Crippen LogP contribution is 2.34. The molecule has 0 aromatic carbocycles. The van der Waals surface area contributed by atoms with E-state index < -0.39 is 5.97 Å². The average molecular weight is 269 g/mol. The number of rotatable bonds is 5. The van der Waals surface area contributed by atoms with Gasteiger partial charge in [-0.3, -0.25) is 4.79 Å². The Bertz CT molecular complexity index is 413. The van der Waals surface area contributed by atoms with Crippen LogP contribution in [0.25, 0.3) is 0 Å². The van der Waals surface area contributed by atoms with Crippen molar-refractivity contribution < 1.29 is 9.90 Å². The molecule has 0 radical (unpaired) electrons. The third kappa shape index (κ3) is 3.19. The van der Waals surface area contributed by atoms with Gasteiger partial charge in [0.25, 0.3) is 0 Å². The molecule has 18 heavy (non-hydrogen) atoms. The number of hydrogen-bond acceptors (Lipinski definition) is 5. The molecule has 1 fully saturated rings. The molecule has 1 aliphatic carbocycles. The highest BCUT2D eigenvalue weighted by Gasteiger charge is 2.35. The van der Waals surface area contributed by atoms with Gasteiger partial charge in [-0.2, -0.15) is 4.37 Å². The van der Waals surface area contributed by atoms with Crippen LogP contribution in [0.4, 0.5) is 5.13 Å². The van der Waals surface area contributed by atoms with Gasteiger partial charge in [0.2, 0.25) is 5.13 Å². The molecule has 6 heteroatoms. The quantitative estimate of drug-likeness (QED) is 0.859. The van der Waals surface area contributed by atoms with Crippen LogP contribution in [0.3, 0.4) is 0 Å². The predicted molar refractivity (Wildman–Crippen MR) is 71.0 cm³/mol. The third-order valence-electron chi connectivity index (χ3n) is 3.46. The van der Waals surface area contributed by atoms with Gasteiger partial charge in [0.15, 0.2) is 0 Å². The molecule has 0 bridgehead atoms. The molecule has 0 aliphatic heterocycles. The minimum absolute atomic E-state index is 0.161. The van der Waals surface area contributed by atoms with Crippen molar-refractivity contribution in [2.75, 3.05) is 5.32 Å². The van der Waals surface area contributed by atoms with Gasteiger partial charge in [-0.15, -0.1) is 0 Å². The lowest BCUT2D eigenvalue weighted by atomic mass is 9.79. The molecule has 2 rings (SSSR count). The maximum absolute atomic E-state index is 11.1. The van der Waals surface area contributed by atoms with Crippen LogP contribution in [0.5, 0.6) is 0 Å². The number of aryl methyl sites for hydroxylation is 1. The Kier molecular flexibility index (Phi) is 4.16. The maximum atomic E-state index is 11.1. The van der Waals surface area contributed by atoms with Crippen LogP contribution in [0.1, 0.15) is 51.3 Å². The lowest BCUT2D eigenvalue weighted by molar-refractivity contribution is -0.138. The Morgan fingerprint density at radius 1 is 1.44 bits per heavy atom. The van der Waals surface area contributed by atoms with Gasteiger partial charge in [0, 0.05) is 18.0 Å². The van der Waals surface area contributed by atoms with Crippen LogP contribution < -0.4 is 5.32 Å². The molecule has 2 N–H and O–H groups in total. The first-order valence-corrected chi connectivity index (χ1v) is 7.23. The highest BCUT2D eigenvalue weighted by atomic mass is 32.1. The van der Waals surface area contributed by atoms with Crippen molar-refractivity contribution in [2.24, 2.45) is 0 Å². The van der Waals surface area contributed by atoms with E-state index in [-0.39, 0.29) is 12.0 Å². The summed E-state index contributed by atoms with van der Waals surface area (Å²) >= 11 is 1.33. The average Bonchev–Trinajstić information content (AvgIpc) is 2.76. The predicted octanol–water partition coefficient (Wildman–Crippen LogP) is 2.69. The largest absolute Gasteiger partial charge is 0.481 e. The summed E-state index contributed by atoms with van der Waals surface area (Å²) in [5.41, 5.74) is -0.325. The molecule has 1 aliphatic rings. The summed E-state index contributed by atoms with van der Waals surface area (Å²) in [5, 5.41) is 13.2. The number of hydrogen-bond donors (Lipinski definition) is 2. The summed E-state index contributed by atoms with van der Waals surface area (Å²) in [7, 11) is 0. The summed E-state index contributed by atoms with van der Waals surface area (Å²) in [6.45, 7) is 2.01. The number of aromatic nitrogens is 2. The fourth-order valence-electron chi connectivity index (χ4n) is 2.54. The van der Waals surface area contributed by atoms with E-state index in [1.165, 1.54) is 18.0 Å². The minimum atomic E-state index is -0.746. The summed E-state index contributed by atoms with van der Waals surface area (Å²) in [6.07, 6.45) is 6.14. The van der Waals surface area contributed by atoms with E-state index in [0.29, 0.717) is 0 Å². The summed E-state index contributed by atoms with van der Waals surface area (Å²) in [5.74, 6) is 0.0772. The van der Waals surface area contributed by atoms with Gasteiger partial charge in [-0.05, 0) is 12.8 Å². The van der Waals surface area contributed by atoms with E-state index in [1.54, 1.807) is 0 Å². The SMILES string of the molecule is CCc1nsc(NC2(CC(=O)O)CCCCC2)n1. The molecule has 0 amide bonds. The van der Waals surface area contributed by atoms with E-state index in [2.05, 4.69) is 14.7 Å². The maximum Gasteiger partial charge on any atom is 0.305 e. The first-order valence-electron chi connectivity index (χ1n) is 6.46. The zero-order valence-corrected chi connectivity index (χ0v) is 11.4. The molecule has 1 heterocycles. The number of nitrogens with zero attached hydrogens (tertiary/aromatic N) is 2. The topological polar surface area (TPSA) is 75.1 Å². The molecule has 1 saturated carbocycles. The Morgan fingerprint density at radius 2 is 2.17 bits per heavy atom. The molecular formula is C12H19N3O2S. The molecule has 5 nitrogen and oxygen atoms in total. The molecule has 1 aromatic heterocycles. The molecule has 0 spiro atoms. The number of anilines is 1. The molecule has 0 unspecified atom stereocenters. The van der Waals surface area contributed by atoms with Crippen molar-refractivity contribution in [3.63, 3.8) is 0 Å². The Labute approximate surface area is 111 Å². The first-order chi connectivity index (χ1) is 8.63. The number of carbonyl (C=O) groups is 1. The van der Waals surface area contributed by atoms with Gasteiger partial charge in [0.1, 0.15) is 5.82 Å². The smallest absolute Gasteiger partial charge is 0.305 e. The zero-order chi connectivity index (χ0) is 13.0. The summed E-state index contributed by atoms with van der Waals surface area (Å²) in [6, 6.07) is 0. The number of carboxylic acid groups (broad SMARTS) is 1.